The summed E-state index contributed by atoms with van der Waals surface area (Å²) >= 11 is 0. The van der Waals surface area contributed by atoms with Crippen LogP contribution in [0, 0.1) is 5.81 Å². The van der Waals surface area contributed by atoms with E-state index in [9.17, 15) is 8.96 Å². The van der Waals surface area contributed by atoms with Crippen LogP contribution in [0.15, 0.2) is 12.7 Å². The number of fused-ring (bicyclic) bond motifs is 1. The van der Waals surface area contributed by atoms with Gasteiger partial charge in [0, 0.05) is 0 Å². The molecule has 2 rings (SSSR count). The average molecular weight is 269 g/mol. The molecule has 0 radical (unpaired) electrons. The van der Waals surface area contributed by atoms with Crippen LogP contribution < -0.4 is 5.73 Å². The SMILES string of the molecule is Nc1ncnc2c1ncn2CC(CF)OC#P=O. The van der Waals surface area contributed by atoms with E-state index < -0.39 is 20.7 Å². The molecular weight excluding hydrogens is 260 g/mol. The van der Waals surface area contributed by atoms with E-state index in [-0.39, 0.29) is 12.4 Å². The number of alkyl halides is 1. The van der Waals surface area contributed by atoms with E-state index in [4.69, 9.17) is 10.5 Å². The van der Waals surface area contributed by atoms with Crippen molar-refractivity contribution in [1.82, 2.24) is 19.5 Å². The molecule has 0 aliphatic carbocycles. The summed E-state index contributed by atoms with van der Waals surface area (Å²) < 4.78 is 29.3. The Balaban J connectivity index is 2.27. The van der Waals surface area contributed by atoms with E-state index in [1.807, 2.05) is 0 Å². The molecule has 1 atom stereocenters. The van der Waals surface area contributed by atoms with Crippen molar-refractivity contribution < 1.29 is 13.7 Å². The van der Waals surface area contributed by atoms with Crippen molar-refractivity contribution in [3.63, 3.8) is 0 Å². The molecule has 2 aromatic heterocycles. The van der Waals surface area contributed by atoms with E-state index in [0.717, 1.165) is 0 Å². The molecule has 0 amide bonds. The fourth-order valence-electron chi connectivity index (χ4n) is 1.47. The summed E-state index contributed by atoms with van der Waals surface area (Å²) in [5.74, 6) is 2.31. The van der Waals surface area contributed by atoms with Crippen molar-refractivity contribution in [3.8, 4) is 5.81 Å². The van der Waals surface area contributed by atoms with E-state index in [1.165, 1.54) is 12.7 Å². The molecule has 0 saturated heterocycles. The topological polar surface area (TPSA) is 95.9 Å². The summed E-state index contributed by atoms with van der Waals surface area (Å²) in [6, 6.07) is 0. The fourth-order valence-corrected chi connectivity index (χ4v) is 1.66. The van der Waals surface area contributed by atoms with E-state index >= 15 is 0 Å². The number of nitrogen functional groups attached to an aromatic ring is 1. The van der Waals surface area contributed by atoms with Gasteiger partial charge in [-0.15, -0.1) is 0 Å². The van der Waals surface area contributed by atoms with Gasteiger partial charge in [0.2, 0.25) is 0 Å². The van der Waals surface area contributed by atoms with Crippen molar-refractivity contribution in [2.45, 2.75) is 12.6 Å². The predicted molar refractivity (Wildman–Crippen MR) is 62.1 cm³/mol. The van der Waals surface area contributed by atoms with Crippen molar-refractivity contribution >= 4 is 24.9 Å². The van der Waals surface area contributed by atoms with Gasteiger partial charge in [0.1, 0.15) is 0 Å². The average Bonchev–Trinajstić information content (AvgIpc) is 2.79. The second kappa shape index (κ2) is 5.73. The molecular formula is C9H9FN5O2P. The third-order valence-electron chi connectivity index (χ3n) is 2.26. The first-order valence-electron chi connectivity index (χ1n) is 4.96. The number of halogens is 1. The molecule has 9 heteroatoms. The van der Waals surface area contributed by atoms with Gasteiger partial charge in [-0.25, -0.2) is 0 Å². The van der Waals surface area contributed by atoms with E-state index in [1.54, 1.807) is 4.57 Å². The minimum atomic E-state index is -0.806. The van der Waals surface area contributed by atoms with Gasteiger partial charge in [0.25, 0.3) is 0 Å². The molecule has 0 aliphatic heterocycles. The first-order chi connectivity index (χ1) is 8.76. The molecule has 0 spiro atoms. The van der Waals surface area contributed by atoms with Gasteiger partial charge in [0.15, 0.2) is 0 Å². The van der Waals surface area contributed by atoms with Crippen LogP contribution in [-0.2, 0) is 15.8 Å². The summed E-state index contributed by atoms with van der Waals surface area (Å²) in [6.45, 7) is -0.589. The van der Waals surface area contributed by atoms with Crippen molar-refractivity contribution in [1.29, 1.82) is 0 Å². The Hall–Kier alpha value is -1.75. The molecule has 0 aromatic carbocycles. The molecule has 2 N–H and O–H groups in total. The number of hydrogen-bond acceptors (Lipinski definition) is 6. The van der Waals surface area contributed by atoms with Crippen LogP contribution in [0.2, 0.25) is 0 Å². The Morgan fingerprint density at radius 2 is 2.39 bits per heavy atom. The molecule has 0 saturated carbocycles. The van der Waals surface area contributed by atoms with Crippen LogP contribution in [0.3, 0.4) is 0 Å². The molecule has 0 bridgehead atoms. The third-order valence-corrected chi connectivity index (χ3v) is 2.44. The normalized spacial score (nSPS) is 12.3. The number of nitrogens with two attached hydrogens (primary N) is 1. The fraction of sp³-hybridized carbons (Fsp3) is 0.333. The zero-order valence-electron chi connectivity index (χ0n) is 9.15. The van der Waals surface area contributed by atoms with Gasteiger partial charge in [-0.05, 0) is 0 Å². The monoisotopic (exact) mass is 269 g/mol. The van der Waals surface area contributed by atoms with Crippen LogP contribution in [0.1, 0.15) is 0 Å². The van der Waals surface area contributed by atoms with Crippen LogP contribution >= 0.6 is 7.92 Å². The number of imidazole rings is 1. The number of ether oxygens (including phenoxy) is 1. The maximum atomic E-state index is 12.7. The summed E-state index contributed by atoms with van der Waals surface area (Å²) in [5.41, 5.74) is 6.57. The zero-order chi connectivity index (χ0) is 13.0. The molecule has 2 aromatic rings. The van der Waals surface area contributed by atoms with Gasteiger partial charge < -0.3 is 0 Å². The van der Waals surface area contributed by atoms with Gasteiger partial charge in [-0.1, -0.05) is 0 Å². The molecule has 18 heavy (non-hydrogen) atoms. The van der Waals surface area contributed by atoms with Crippen molar-refractivity contribution in [3.05, 3.63) is 12.7 Å². The second-order valence-electron chi connectivity index (χ2n) is 3.40. The van der Waals surface area contributed by atoms with E-state index in [0.29, 0.717) is 11.2 Å². The van der Waals surface area contributed by atoms with Crippen LogP contribution in [0.25, 0.3) is 11.2 Å². The van der Waals surface area contributed by atoms with Gasteiger partial charge >= 0.3 is 102 Å². The number of anilines is 1. The summed E-state index contributed by atoms with van der Waals surface area (Å²) in [5, 5.41) is 0. The third kappa shape index (κ3) is 2.56. The molecule has 94 valence electrons. The Kier molecular flexibility index (Phi) is 4.04. The van der Waals surface area contributed by atoms with Gasteiger partial charge in [0.05, 0.1) is 0 Å². The van der Waals surface area contributed by atoms with Crippen LogP contribution in [0.5, 0.6) is 0 Å². The molecule has 0 fully saturated rings. The Bertz CT molecular complexity index is 655. The number of rotatable bonds is 4. The first-order valence-corrected chi connectivity index (χ1v) is 5.77. The van der Waals surface area contributed by atoms with Gasteiger partial charge in [-0.2, -0.15) is 0 Å². The second-order valence-corrected chi connectivity index (χ2v) is 3.77. The summed E-state index contributed by atoms with van der Waals surface area (Å²) in [4.78, 5) is 11.9. The number of aromatic nitrogens is 4. The van der Waals surface area contributed by atoms with E-state index in [2.05, 4.69) is 20.8 Å². The minimum absolute atomic E-state index is 0.159. The van der Waals surface area contributed by atoms with Crippen molar-refractivity contribution in [2.75, 3.05) is 12.4 Å². The first kappa shape index (κ1) is 12.7. The predicted octanol–water partition coefficient (Wildman–Crippen LogP) is 0.972. The maximum absolute atomic E-state index is 12.7. The van der Waals surface area contributed by atoms with Crippen molar-refractivity contribution in [2.24, 2.45) is 0 Å². The van der Waals surface area contributed by atoms with Crippen LogP contribution in [-0.4, -0.2) is 32.3 Å². The Labute approximate surface area is 102 Å². The molecule has 7 nitrogen and oxygen atoms in total. The Morgan fingerprint density at radius 3 is 3.11 bits per heavy atom. The Morgan fingerprint density at radius 1 is 1.56 bits per heavy atom. The quantitative estimate of drug-likeness (QED) is 0.831. The molecule has 1 unspecified atom stereocenters. The number of hydrogen-bond donors (Lipinski definition) is 1. The zero-order valence-corrected chi connectivity index (χ0v) is 10.0. The molecule has 2 heterocycles. The number of nitrogens with zero attached hydrogens (tertiary/aromatic N) is 4. The standard InChI is InChI=1S/C9H9FN5O2P/c10-1-6(17-5-18-16)2-15-4-14-7-8(11)12-3-13-9(7)15/h3-4,6H,1-2H2,(H2,11,12,13). The molecule has 0 aliphatic rings. The van der Waals surface area contributed by atoms with Crippen LogP contribution in [0.4, 0.5) is 10.2 Å². The summed E-state index contributed by atoms with van der Waals surface area (Å²) in [7, 11) is -0.427. The van der Waals surface area contributed by atoms with Gasteiger partial charge in [-0.3, -0.25) is 0 Å². The summed E-state index contributed by atoms with van der Waals surface area (Å²) in [6.07, 6.45) is 1.96.